The summed E-state index contributed by atoms with van der Waals surface area (Å²) >= 11 is 0. The number of nitrogens with zero attached hydrogens (tertiary/aromatic N) is 1. The largest absolute Gasteiger partial charge is 0.497 e. The van der Waals surface area contributed by atoms with Crippen molar-refractivity contribution in [1.82, 2.24) is 4.98 Å². The molecule has 2 aromatic carbocycles. The molecule has 0 bridgehead atoms. The second kappa shape index (κ2) is 10.3. The zero-order chi connectivity index (χ0) is 21.3. The molecule has 0 aliphatic heterocycles. The molecule has 0 atom stereocenters. The Bertz CT molecular complexity index is 973. The molecule has 0 aliphatic carbocycles. The molecule has 7 heteroatoms. The summed E-state index contributed by atoms with van der Waals surface area (Å²) in [6, 6.07) is 18.4. The summed E-state index contributed by atoms with van der Waals surface area (Å²) in [5, 5.41) is 9.80. The number of methoxy groups -OCH3 is 2. The highest BCUT2D eigenvalue weighted by molar-refractivity contribution is 5.88. The molecule has 3 aromatic rings. The Morgan fingerprint density at radius 1 is 0.933 bits per heavy atom. The fraction of sp³-hybridized carbons (Fsp3) is 0.217. The minimum atomic E-state index is -0.631. The highest BCUT2D eigenvalue weighted by atomic mass is 16.5. The Morgan fingerprint density at radius 2 is 1.60 bits per heavy atom. The van der Waals surface area contributed by atoms with Crippen LogP contribution in [0.2, 0.25) is 0 Å². The predicted molar refractivity (Wildman–Crippen MR) is 110 cm³/mol. The molecule has 0 amide bonds. The number of ether oxygens (including phenoxy) is 4. The topological polar surface area (TPSA) is 87.1 Å². The molecular weight excluding hydrogens is 386 g/mol. The summed E-state index contributed by atoms with van der Waals surface area (Å²) in [5.41, 5.74) is 2.06. The number of carbonyl (C=O) groups excluding carboxylic acids is 1. The minimum absolute atomic E-state index is 0.0262. The van der Waals surface area contributed by atoms with Crippen molar-refractivity contribution in [2.45, 2.75) is 19.8 Å². The van der Waals surface area contributed by atoms with Crippen LogP contribution in [0.5, 0.6) is 17.2 Å². The van der Waals surface area contributed by atoms with Gasteiger partial charge in [-0.3, -0.25) is 0 Å². The zero-order valence-electron chi connectivity index (χ0n) is 16.8. The van der Waals surface area contributed by atoms with Gasteiger partial charge in [0, 0.05) is 6.07 Å². The van der Waals surface area contributed by atoms with E-state index in [0.717, 1.165) is 16.9 Å². The second-order valence-corrected chi connectivity index (χ2v) is 6.34. The van der Waals surface area contributed by atoms with E-state index in [-0.39, 0.29) is 30.4 Å². The van der Waals surface area contributed by atoms with Gasteiger partial charge in [0.2, 0.25) is 0 Å². The van der Waals surface area contributed by atoms with Crippen LogP contribution in [-0.2, 0) is 24.6 Å². The summed E-state index contributed by atoms with van der Waals surface area (Å²) in [5.74, 6) is 0.683. The predicted octanol–water partition coefficient (Wildman–Crippen LogP) is 3.53. The van der Waals surface area contributed by atoms with Gasteiger partial charge in [-0.05, 0) is 23.3 Å². The number of hydrogen-bond acceptors (Lipinski definition) is 7. The van der Waals surface area contributed by atoms with E-state index in [4.69, 9.17) is 18.9 Å². The van der Waals surface area contributed by atoms with Crippen molar-refractivity contribution in [3.63, 3.8) is 0 Å². The van der Waals surface area contributed by atoms with Gasteiger partial charge in [0.1, 0.15) is 24.7 Å². The molecule has 0 radical (unpaired) electrons. The van der Waals surface area contributed by atoms with Crippen LogP contribution in [0.3, 0.4) is 0 Å². The van der Waals surface area contributed by atoms with E-state index in [1.807, 2.05) is 54.6 Å². The van der Waals surface area contributed by atoms with Crippen molar-refractivity contribution in [3.8, 4) is 17.2 Å². The van der Waals surface area contributed by atoms with E-state index < -0.39 is 12.6 Å². The molecule has 0 spiro atoms. The van der Waals surface area contributed by atoms with Crippen molar-refractivity contribution in [1.29, 1.82) is 0 Å². The Hall–Kier alpha value is -3.58. The third-order valence-electron chi connectivity index (χ3n) is 4.33. The maximum absolute atomic E-state index is 12.0. The van der Waals surface area contributed by atoms with Crippen molar-refractivity contribution in [3.05, 3.63) is 83.2 Å². The normalized spacial score (nSPS) is 10.4. The number of pyridine rings is 1. The molecule has 0 aliphatic rings. The van der Waals surface area contributed by atoms with Crippen LogP contribution in [0, 0.1) is 0 Å². The highest BCUT2D eigenvalue weighted by Gasteiger charge is 2.19. The lowest BCUT2D eigenvalue weighted by Crippen LogP contribution is -2.11. The summed E-state index contributed by atoms with van der Waals surface area (Å²) in [6.07, 6.45) is 0. The molecule has 1 N–H and O–H groups in total. The van der Waals surface area contributed by atoms with Gasteiger partial charge >= 0.3 is 5.97 Å². The number of aromatic nitrogens is 1. The summed E-state index contributed by atoms with van der Waals surface area (Å²) in [6.45, 7) is 0.0566. The average molecular weight is 409 g/mol. The Morgan fingerprint density at radius 3 is 2.23 bits per heavy atom. The third kappa shape index (κ3) is 5.27. The molecule has 3 rings (SSSR count). The van der Waals surface area contributed by atoms with Gasteiger partial charge in [-0.1, -0.05) is 42.5 Å². The van der Waals surface area contributed by atoms with Crippen LogP contribution in [0.25, 0.3) is 0 Å². The maximum Gasteiger partial charge on any atom is 0.356 e. The Kier molecular flexibility index (Phi) is 7.24. The van der Waals surface area contributed by atoms with Crippen molar-refractivity contribution in [2.75, 3.05) is 14.2 Å². The number of hydrogen-bond donors (Lipinski definition) is 1. The first kappa shape index (κ1) is 21.1. The monoisotopic (exact) mass is 409 g/mol. The van der Waals surface area contributed by atoms with E-state index in [9.17, 15) is 9.90 Å². The van der Waals surface area contributed by atoms with Gasteiger partial charge in [-0.25, -0.2) is 9.78 Å². The third-order valence-corrected chi connectivity index (χ3v) is 4.33. The lowest BCUT2D eigenvalue weighted by atomic mass is 10.2. The van der Waals surface area contributed by atoms with E-state index in [1.54, 1.807) is 7.11 Å². The lowest BCUT2D eigenvalue weighted by Gasteiger charge is -2.16. The molecule has 0 unspecified atom stereocenters. The zero-order valence-corrected chi connectivity index (χ0v) is 16.8. The Labute approximate surface area is 174 Å². The second-order valence-electron chi connectivity index (χ2n) is 6.34. The Balaban J connectivity index is 1.88. The molecule has 0 saturated heterocycles. The van der Waals surface area contributed by atoms with E-state index in [2.05, 4.69) is 4.98 Å². The first-order chi connectivity index (χ1) is 14.6. The number of benzene rings is 2. The summed E-state index contributed by atoms with van der Waals surface area (Å²) < 4.78 is 21.8. The SMILES string of the molecule is COC(=O)c1cc(OCc2ccc(OC)cc2)c(OCc2ccccc2)c(CO)n1. The van der Waals surface area contributed by atoms with Crippen LogP contribution in [0.15, 0.2) is 60.7 Å². The first-order valence-corrected chi connectivity index (χ1v) is 9.30. The minimum Gasteiger partial charge on any atom is -0.497 e. The summed E-state index contributed by atoms with van der Waals surface area (Å²) in [4.78, 5) is 16.2. The van der Waals surface area contributed by atoms with E-state index in [1.165, 1.54) is 13.2 Å². The van der Waals surface area contributed by atoms with Gasteiger partial charge in [-0.2, -0.15) is 0 Å². The fourth-order valence-corrected chi connectivity index (χ4v) is 2.75. The van der Waals surface area contributed by atoms with Crippen LogP contribution in [0.1, 0.15) is 27.3 Å². The molecule has 156 valence electrons. The molecule has 1 heterocycles. The van der Waals surface area contributed by atoms with Crippen LogP contribution in [-0.4, -0.2) is 30.3 Å². The van der Waals surface area contributed by atoms with Crippen molar-refractivity contribution >= 4 is 5.97 Å². The maximum atomic E-state index is 12.0. The van der Waals surface area contributed by atoms with Crippen LogP contribution in [0.4, 0.5) is 0 Å². The number of rotatable bonds is 9. The quantitative estimate of drug-likeness (QED) is 0.541. The number of carbonyl (C=O) groups is 1. The van der Waals surface area contributed by atoms with Crippen LogP contribution >= 0.6 is 0 Å². The number of aliphatic hydroxyl groups is 1. The van der Waals surface area contributed by atoms with Crippen molar-refractivity contribution < 1.29 is 28.8 Å². The molecule has 7 nitrogen and oxygen atoms in total. The van der Waals surface area contributed by atoms with Gasteiger partial charge < -0.3 is 24.1 Å². The fourth-order valence-electron chi connectivity index (χ4n) is 2.75. The van der Waals surface area contributed by atoms with Gasteiger partial charge in [0.05, 0.1) is 20.8 Å². The van der Waals surface area contributed by atoms with E-state index in [0.29, 0.717) is 5.75 Å². The standard InChI is InChI=1S/C23H23NO6/c1-27-18-10-8-17(9-11-18)14-29-21-12-19(23(26)28-2)24-20(13-25)22(21)30-15-16-6-4-3-5-7-16/h3-12,25H,13-15H2,1-2H3. The molecule has 0 saturated carbocycles. The lowest BCUT2D eigenvalue weighted by molar-refractivity contribution is 0.0592. The smallest absolute Gasteiger partial charge is 0.356 e. The number of esters is 1. The average Bonchev–Trinajstić information content (AvgIpc) is 2.81. The summed E-state index contributed by atoms with van der Waals surface area (Å²) in [7, 11) is 2.87. The molecule has 0 fully saturated rings. The van der Waals surface area contributed by atoms with E-state index >= 15 is 0 Å². The van der Waals surface area contributed by atoms with Gasteiger partial charge in [0.15, 0.2) is 17.2 Å². The molecule has 1 aromatic heterocycles. The molecular formula is C23H23NO6. The van der Waals surface area contributed by atoms with Crippen molar-refractivity contribution in [2.24, 2.45) is 0 Å². The van der Waals surface area contributed by atoms with Gasteiger partial charge in [0.25, 0.3) is 0 Å². The van der Waals surface area contributed by atoms with Gasteiger partial charge in [-0.15, -0.1) is 0 Å². The highest BCUT2D eigenvalue weighted by Crippen LogP contribution is 2.33. The first-order valence-electron chi connectivity index (χ1n) is 9.30. The number of aliphatic hydroxyl groups excluding tert-OH is 1. The van der Waals surface area contributed by atoms with Crippen LogP contribution < -0.4 is 14.2 Å². The molecule has 30 heavy (non-hydrogen) atoms.